The van der Waals surface area contributed by atoms with Crippen molar-refractivity contribution >= 4 is 28.5 Å². The third-order valence-electron chi connectivity index (χ3n) is 6.72. The van der Waals surface area contributed by atoms with Gasteiger partial charge in [-0.1, -0.05) is 29.8 Å². The van der Waals surface area contributed by atoms with Crippen molar-refractivity contribution in [1.29, 1.82) is 0 Å². The van der Waals surface area contributed by atoms with Crippen LogP contribution in [-0.2, 0) is 11.8 Å². The highest BCUT2D eigenvalue weighted by Gasteiger charge is 2.30. The molecule has 7 heteroatoms. The Bertz CT molecular complexity index is 1100. The topological polar surface area (TPSA) is 46.4 Å². The Morgan fingerprint density at radius 2 is 1.71 bits per heavy atom. The Morgan fingerprint density at radius 1 is 1.00 bits per heavy atom. The van der Waals surface area contributed by atoms with Crippen LogP contribution in [0, 0.1) is 6.92 Å². The van der Waals surface area contributed by atoms with Crippen molar-refractivity contribution in [1.82, 2.24) is 19.4 Å². The molecule has 0 atom stereocenters. The second kappa shape index (κ2) is 8.41. The number of aryl methyl sites for hydroxylation is 2. The van der Waals surface area contributed by atoms with Crippen LogP contribution in [0.15, 0.2) is 24.3 Å². The first-order valence-electron chi connectivity index (χ1n) is 11.2. The Hall–Kier alpha value is -2.15. The van der Waals surface area contributed by atoms with Gasteiger partial charge < -0.3 is 19.1 Å². The van der Waals surface area contributed by atoms with E-state index < -0.39 is 0 Å². The van der Waals surface area contributed by atoms with E-state index in [0.29, 0.717) is 5.92 Å². The minimum atomic E-state index is 0.401. The zero-order valence-electron chi connectivity index (χ0n) is 18.6. The first kappa shape index (κ1) is 20.7. The molecule has 1 aromatic carbocycles. The lowest BCUT2D eigenvalue weighted by Gasteiger charge is -2.33. The molecule has 31 heavy (non-hydrogen) atoms. The molecule has 2 aliphatic heterocycles. The lowest BCUT2D eigenvalue weighted by atomic mass is 9.89. The number of rotatable bonds is 3. The smallest absolute Gasteiger partial charge is 0.157 e. The summed E-state index contributed by atoms with van der Waals surface area (Å²) in [5, 5.41) is 0.771. The van der Waals surface area contributed by atoms with Gasteiger partial charge in [0.15, 0.2) is 5.82 Å². The van der Waals surface area contributed by atoms with Crippen molar-refractivity contribution < 1.29 is 4.74 Å². The molecule has 2 aromatic heterocycles. The molecule has 6 nitrogen and oxygen atoms in total. The van der Waals surface area contributed by atoms with Gasteiger partial charge in [-0.05, 0) is 38.8 Å². The number of fused-ring (bicyclic) bond motifs is 1. The van der Waals surface area contributed by atoms with Crippen molar-refractivity contribution in [2.24, 2.45) is 7.05 Å². The van der Waals surface area contributed by atoms with Crippen molar-refractivity contribution in [3.8, 4) is 11.3 Å². The molecule has 0 unspecified atom stereocenters. The monoisotopic (exact) mass is 439 g/mol. The summed E-state index contributed by atoms with van der Waals surface area (Å²) in [6, 6.07) is 8.14. The molecule has 0 bridgehead atoms. The minimum Gasteiger partial charge on any atom is -0.381 e. The van der Waals surface area contributed by atoms with Gasteiger partial charge in [0.05, 0.1) is 11.2 Å². The van der Waals surface area contributed by atoms with Crippen molar-refractivity contribution in [2.75, 3.05) is 51.3 Å². The second-order valence-electron chi connectivity index (χ2n) is 8.77. The number of hydrogen-bond donors (Lipinski definition) is 0. The second-order valence-corrected chi connectivity index (χ2v) is 9.18. The van der Waals surface area contributed by atoms with E-state index in [0.717, 1.165) is 85.5 Å². The van der Waals surface area contributed by atoms with Gasteiger partial charge in [-0.2, -0.15) is 0 Å². The van der Waals surface area contributed by atoms with Gasteiger partial charge in [-0.15, -0.1) is 0 Å². The minimum absolute atomic E-state index is 0.401. The third kappa shape index (κ3) is 3.71. The van der Waals surface area contributed by atoms with Gasteiger partial charge in [0.2, 0.25) is 0 Å². The quantitative estimate of drug-likeness (QED) is 0.610. The zero-order chi connectivity index (χ0) is 21.5. The Balaban J connectivity index is 1.78. The first-order chi connectivity index (χ1) is 15.0. The fourth-order valence-corrected chi connectivity index (χ4v) is 5.27. The van der Waals surface area contributed by atoms with Crippen molar-refractivity contribution in [3.63, 3.8) is 0 Å². The molecule has 0 spiro atoms. The van der Waals surface area contributed by atoms with Crippen LogP contribution >= 0.6 is 11.6 Å². The largest absolute Gasteiger partial charge is 0.381 e. The summed E-state index contributed by atoms with van der Waals surface area (Å²) in [5.74, 6) is 2.27. The van der Waals surface area contributed by atoms with Crippen LogP contribution in [0.4, 0.5) is 5.82 Å². The molecule has 0 aliphatic carbocycles. The Kier molecular flexibility index (Phi) is 5.63. The van der Waals surface area contributed by atoms with Gasteiger partial charge >= 0.3 is 0 Å². The van der Waals surface area contributed by atoms with Gasteiger partial charge in [-0.25, -0.2) is 9.97 Å². The molecule has 0 amide bonds. The van der Waals surface area contributed by atoms with Gasteiger partial charge in [0, 0.05) is 62.6 Å². The SMILES string of the molecule is Cc1nc(N2CCN(C)CC2)c2c(n1)c(C1CCOCC1)c(-c1ccccc1Cl)n2C. The predicted molar refractivity (Wildman–Crippen MR) is 126 cm³/mol. The highest BCUT2D eigenvalue weighted by atomic mass is 35.5. The van der Waals surface area contributed by atoms with Crippen LogP contribution < -0.4 is 4.90 Å². The van der Waals surface area contributed by atoms with Crippen molar-refractivity contribution in [2.45, 2.75) is 25.7 Å². The standard InChI is InChI=1S/C24H30ClN5O/c1-16-26-21-20(17-8-14-31-15-9-17)22(18-6-4-5-7-19(18)25)29(3)23(21)24(27-16)30-12-10-28(2)11-13-30/h4-7,17H,8-15H2,1-3H3. The van der Waals surface area contributed by atoms with E-state index in [1.165, 1.54) is 11.3 Å². The number of nitrogens with zero attached hydrogens (tertiary/aromatic N) is 5. The first-order valence-corrected chi connectivity index (χ1v) is 11.6. The third-order valence-corrected chi connectivity index (χ3v) is 7.05. The average molecular weight is 440 g/mol. The van der Waals surface area contributed by atoms with Crippen LogP contribution in [0.3, 0.4) is 0 Å². The molecule has 5 rings (SSSR count). The fraction of sp³-hybridized carbons (Fsp3) is 0.500. The van der Waals surface area contributed by atoms with E-state index in [-0.39, 0.29) is 0 Å². The summed E-state index contributed by atoms with van der Waals surface area (Å²) >= 11 is 6.72. The van der Waals surface area contributed by atoms with Crippen LogP contribution in [0.1, 0.15) is 30.1 Å². The van der Waals surface area contributed by atoms with Crippen LogP contribution in [0.2, 0.25) is 5.02 Å². The molecule has 2 saturated heterocycles. The fourth-order valence-electron chi connectivity index (χ4n) is 5.04. The van der Waals surface area contributed by atoms with Gasteiger partial charge in [0.25, 0.3) is 0 Å². The number of likely N-dealkylation sites (N-methyl/N-ethyl adjacent to an activating group) is 1. The number of aromatic nitrogens is 3. The number of piperazine rings is 1. The normalized spacial score (nSPS) is 18.8. The zero-order valence-corrected chi connectivity index (χ0v) is 19.3. The number of halogens is 1. The van der Waals surface area contributed by atoms with E-state index in [4.69, 9.17) is 26.3 Å². The highest BCUT2D eigenvalue weighted by Crippen LogP contribution is 2.44. The maximum atomic E-state index is 6.72. The molecule has 4 heterocycles. The summed E-state index contributed by atoms with van der Waals surface area (Å²) < 4.78 is 7.97. The molecule has 2 aliphatic rings. The number of hydrogen-bond acceptors (Lipinski definition) is 5. The molecule has 2 fully saturated rings. The molecular weight excluding hydrogens is 410 g/mol. The lowest BCUT2D eigenvalue weighted by molar-refractivity contribution is 0.0856. The molecule has 0 N–H and O–H groups in total. The van der Waals surface area contributed by atoms with Crippen molar-refractivity contribution in [3.05, 3.63) is 40.7 Å². The summed E-state index contributed by atoms with van der Waals surface area (Å²) in [5.41, 5.74) is 5.73. The van der Waals surface area contributed by atoms with Gasteiger partial charge in [0.1, 0.15) is 11.3 Å². The summed E-state index contributed by atoms with van der Waals surface area (Å²) in [7, 11) is 4.32. The van der Waals surface area contributed by atoms with E-state index >= 15 is 0 Å². The van der Waals surface area contributed by atoms with E-state index in [2.05, 4.69) is 40.6 Å². The Morgan fingerprint density at radius 3 is 2.42 bits per heavy atom. The molecule has 0 saturated carbocycles. The van der Waals surface area contributed by atoms with Crippen LogP contribution in [0.25, 0.3) is 22.3 Å². The number of benzene rings is 1. The average Bonchev–Trinajstić information content (AvgIpc) is 3.06. The molecule has 0 radical (unpaired) electrons. The van der Waals surface area contributed by atoms with Gasteiger partial charge in [-0.3, -0.25) is 0 Å². The van der Waals surface area contributed by atoms with E-state index in [1.807, 2.05) is 19.1 Å². The summed E-state index contributed by atoms with van der Waals surface area (Å²) in [6.45, 7) is 7.62. The maximum absolute atomic E-state index is 6.72. The maximum Gasteiger partial charge on any atom is 0.157 e. The molecule has 164 valence electrons. The molecular formula is C24H30ClN5O. The predicted octanol–water partition coefficient (Wildman–Crippen LogP) is 4.24. The summed E-state index contributed by atoms with van der Waals surface area (Å²) in [6.07, 6.45) is 2.01. The number of ether oxygens (including phenoxy) is 1. The van der Waals surface area contributed by atoms with Crippen LogP contribution in [-0.4, -0.2) is 65.9 Å². The van der Waals surface area contributed by atoms with Crippen LogP contribution in [0.5, 0.6) is 0 Å². The lowest BCUT2D eigenvalue weighted by Crippen LogP contribution is -2.45. The Labute approximate surface area is 188 Å². The highest BCUT2D eigenvalue weighted by molar-refractivity contribution is 6.33. The van der Waals surface area contributed by atoms with E-state index in [1.54, 1.807) is 0 Å². The number of anilines is 1. The molecule has 3 aromatic rings. The van der Waals surface area contributed by atoms with E-state index in [9.17, 15) is 0 Å². The summed E-state index contributed by atoms with van der Waals surface area (Å²) in [4.78, 5) is 14.7.